The molecule has 0 spiro atoms. The van der Waals surface area contributed by atoms with E-state index >= 15 is 0 Å². The van der Waals surface area contributed by atoms with Crippen molar-refractivity contribution in [2.45, 2.75) is 30.2 Å². The van der Waals surface area contributed by atoms with Gasteiger partial charge in [-0.2, -0.15) is 0 Å². The third-order valence-corrected chi connectivity index (χ3v) is 7.12. The molecule has 0 radical (unpaired) electrons. The number of ether oxygens (including phenoxy) is 1. The molecule has 0 amide bonds. The van der Waals surface area contributed by atoms with E-state index in [2.05, 4.69) is 78.2 Å². The summed E-state index contributed by atoms with van der Waals surface area (Å²) in [6.45, 7) is 9.74. The minimum Gasteiger partial charge on any atom is -0.496 e. The first-order chi connectivity index (χ1) is 14.7. The summed E-state index contributed by atoms with van der Waals surface area (Å²) in [6.07, 6.45) is 0. The van der Waals surface area contributed by atoms with Crippen molar-refractivity contribution >= 4 is 17.4 Å². The van der Waals surface area contributed by atoms with E-state index in [-0.39, 0.29) is 0 Å². The van der Waals surface area contributed by atoms with Gasteiger partial charge in [-0.1, -0.05) is 54.2 Å². The summed E-state index contributed by atoms with van der Waals surface area (Å²) in [5, 5.41) is 0. The predicted octanol–water partition coefficient (Wildman–Crippen LogP) is 5.79. The van der Waals surface area contributed by atoms with Gasteiger partial charge in [-0.25, -0.2) is 0 Å². The van der Waals surface area contributed by atoms with Gasteiger partial charge in [0.2, 0.25) is 0 Å². The zero-order valence-corrected chi connectivity index (χ0v) is 18.9. The van der Waals surface area contributed by atoms with Crippen LogP contribution in [0.15, 0.2) is 76.5 Å². The predicted molar refractivity (Wildman–Crippen MR) is 127 cm³/mol. The Bertz CT molecular complexity index is 996. The Hall–Kier alpha value is -2.43. The normalized spacial score (nSPS) is 14.7. The highest BCUT2D eigenvalue weighted by molar-refractivity contribution is 7.99. The molecule has 1 aliphatic heterocycles. The van der Waals surface area contributed by atoms with Gasteiger partial charge < -0.3 is 9.64 Å². The van der Waals surface area contributed by atoms with Crippen molar-refractivity contribution in [3.8, 4) is 5.75 Å². The van der Waals surface area contributed by atoms with Crippen LogP contribution < -0.4 is 9.64 Å². The number of anilines is 1. The van der Waals surface area contributed by atoms with E-state index in [4.69, 9.17) is 4.74 Å². The monoisotopic (exact) mass is 418 g/mol. The molecule has 30 heavy (non-hydrogen) atoms. The second kappa shape index (κ2) is 9.59. The van der Waals surface area contributed by atoms with Gasteiger partial charge in [-0.15, -0.1) is 0 Å². The summed E-state index contributed by atoms with van der Waals surface area (Å²) in [6, 6.07) is 23.6. The zero-order valence-electron chi connectivity index (χ0n) is 18.1. The van der Waals surface area contributed by atoms with Crippen molar-refractivity contribution < 1.29 is 4.74 Å². The van der Waals surface area contributed by atoms with Gasteiger partial charge in [-0.3, -0.25) is 4.90 Å². The maximum atomic E-state index is 5.54. The number of benzene rings is 3. The minimum atomic E-state index is 0.930. The van der Waals surface area contributed by atoms with Crippen molar-refractivity contribution in [3.63, 3.8) is 0 Å². The lowest BCUT2D eigenvalue weighted by atomic mass is 10.1. The van der Waals surface area contributed by atoms with Gasteiger partial charge in [-0.05, 0) is 54.8 Å². The lowest BCUT2D eigenvalue weighted by Gasteiger charge is -2.37. The van der Waals surface area contributed by atoms with Crippen LogP contribution in [-0.4, -0.2) is 38.2 Å². The quantitative estimate of drug-likeness (QED) is 0.503. The molecular weight excluding hydrogens is 388 g/mol. The summed E-state index contributed by atoms with van der Waals surface area (Å²) in [5.41, 5.74) is 5.55. The molecule has 3 nitrogen and oxygen atoms in total. The molecule has 0 aromatic heterocycles. The number of piperazine rings is 1. The topological polar surface area (TPSA) is 15.7 Å². The van der Waals surface area contributed by atoms with Crippen LogP contribution in [0, 0.1) is 13.8 Å². The highest BCUT2D eigenvalue weighted by Crippen LogP contribution is 2.36. The third-order valence-electron chi connectivity index (χ3n) is 5.94. The maximum Gasteiger partial charge on any atom is 0.132 e. The van der Waals surface area contributed by atoms with Crippen LogP contribution in [0.5, 0.6) is 5.75 Å². The average Bonchev–Trinajstić information content (AvgIpc) is 2.78. The van der Waals surface area contributed by atoms with E-state index in [0.717, 1.165) is 43.4 Å². The first kappa shape index (κ1) is 20.8. The molecule has 0 atom stereocenters. The highest BCUT2D eigenvalue weighted by Gasteiger charge is 2.20. The lowest BCUT2D eigenvalue weighted by Crippen LogP contribution is -2.46. The Balaban J connectivity index is 1.43. The molecule has 1 fully saturated rings. The molecular formula is C26H30N2OS. The molecule has 1 saturated heterocycles. The summed E-state index contributed by atoms with van der Waals surface area (Å²) < 4.78 is 5.54. The number of aryl methyl sites for hydroxylation is 1. The van der Waals surface area contributed by atoms with Crippen molar-refractivity contribution in [3.05, 3.63) is 83.4 Å². The van der Waals surface area contributed by atoms with E-state index in [1.807, 2.05) is 12.1 Å². The first-order valence-corrected chi connectivity index (χ1v) is 11.4. The van der Waals surface area contributed by atoms with Crippen LogP contribution in [0.25, 0.3) is 0 Å². The van der Waals surface area contributed by atoms with Crippen molar-refractivity contribution in [1.82, 2.24) is 4.90 Å². The Labute approximate surface area is 184 Å². The Kier molecular flexibility index (Phi) is 6.66. The Morgan fingerprint density at radius 2 is 1.50 bits per heavy atom. The van der Waals surface area contributed by atoms with E-state index in [0.29, 0.717) is 0 Å². The third kappa shape index (κ3) is 4.66. The molecule has 3 aromatic carbocycles. The van der Waals surface area contributed by atoms with Crippen LogP contribution in [0.3, 0.4) is 0 Å². The van der Waals surface area contributed by atoms with E-state index < -0.39 is 0 Å². The van der Waals surface area contributed by atoms with E-state index in [9.17, 15) is 0 Å². The summed E-state index contributed by atoms with van der Waals surface area (Å²) in [7, 11) is 1.74. The van der Waals surface area contributed by atoms with Crippen molar-refractivity contribution in [2.24, 2.45) is 0 Å². The van der Waals surface area contributed by atoms with E-state index in [1.165, 1.54) is 27.3 Å². The standard InChI is InChI=1S/C26H30N2OS/c1-20-9-8-11-23(21(20)2)28-17-15-27(16-18-28)19-22-10-4-6-13-25(22)30-26-14-7-5-12-24(26)29-3/h4-14H,15-19H2,1-3H3. The smallest absolute Gasteiger partial charge is 0.132 e. The molecule has 0 aliphatic carbocycles. The molecule has 4 heteroatoms. The molecule has 156 valence electrons. The van der Waals surface area contributed by atoms with Gasteiger partial charge in [0.15, 0.2) is 0 Å². The van der Waals surface area contributed by atoms with E-state index in [1.54, 1.807) is 18.9 Å². The zero-order chi connectivity index (χ0) is 20.9. The van der Waals surface area contributed by atoms with Crippen LogP contribution in [0.2, 0.25) is 0 Å². The summed E-state index contributed by atoms with van der Waals surface area (Å²) in [4.78, 5) is 7.57. The molecule has 0 N–H and O–H groups in total. The average molecular weight is 419 g/mol. The largest absolute Gasteiger partial charge is 0.496 e. The lowest BCUT2D eigenvalue weighted by molar-refractivity contribution is 0.248. The van der Waals surface area contributed by atoms with Gasteiger partial charge >= 0.3 is 0 Å². The molecule has 0 saturated carbocycles. The second-order valence-electron chi connectivity index (χ2n) is 7.84. The minimum absolute atomic E-state index is 0.930. The Morgan fingerprint density at radius 3 is 2.27 bits per heavy atom. The number of hydrogen-bond donors (Lipinski definition) is 0. The molecule has 3 aromatic rings. The van der Waals surface area contributed by atoms with Crippen LogP contribution in [-0.2, 0) is 6.54 Å². The number of nitrogens with zero attached hydrogens (tertiary/aromatic N) is 2. The number of para-hydroxylation sites is 1. The molecule has 4 rings (SSSR count). The first-order valence-electron chi connectivity index (χ1n) is 10.6. The van der Waals surface area contributed by atoms with Gasteiger partial charge in [0.1, 0.15) is 5.75 Å². The van der Waals surface area contributed by atoms with Gasteiger partial charge in [0.05, 0.1) is 12.0 Å². The summed E-state index contributed by atoms with van der Waals surface area (Å²) >= 11 is 1.79. The second-order valence-corrected chi connectivity index (χ2v) is 8.93. The SMILES string of the molecule is COc1ccccc1Sc1ccccc1CN1CCN(c2cccc(C)c2C)CC1. The molecule has 0 unspecified atom stereocenters. The van der Waals surface area contributed by atoms with Crippen LogP contribution >= 0.6 is 11.8 Å². The maximum absolute atomic E-state index is 5.54. The molecule has 1 heterocycles. The van der Waals surface area contributed by atoms with Gasteiger partial charge in [0.25, 0.3) is 0 Å². The molecule has 1 aliphatic rings. The van der Waals surface area contributed by atoms with Gasteiger partial charge in [0, 0.05) is 43.3 Å². The van der Waals surface area contributed by atoms with Crippen LogP contribution in [0.4, 0.5) is 5.69 Å². The summed E-state index contributed by atoms with van der Waals surface area (Å²) in [5.74, 6) is 0.930. The number of rotatable bonds is 6. The fraction of sp³-hybridized carbons (Fsp3) is 0.308. The number of methoxy groups -OCH3 is 1. The fourth-order valence-electron chi connectivity index (χ4n) is 4.02. The Morgan fingerprint density at radius 1 is 0.800 bits per heavy atom. The van der Waals surface area contributed by atoms with Crippen LogP contribution in [0.1, 0.15) is 16.7 Å². The fourth-order valence-corrected chi connectivity index (χ4v) is 5.07. The van der Waals surface area contributed by atoms with Crippen molar-refractivity contribution in [2.75, 3.05) is 38.2 Å². The van der Waals surface area contributed by atoms with Crippen molar-refractivity contribution in [1.29, 1.82) is 0 Å². The highest BCUT2D eigenvalue weighted by atomic mass is 32.2. The molecule has 0 bridgehead atoms. The number of hydrogen-bond acceptors (Lipinski definition) is 4.